The topological polar surface area (TPSA) is 62.3 Å². The Morgan fingerprint density at radius 1 is 1.21 bits per heavy atom. The van der Waals surface area contributed by atoms with Crippen LogP contribution in [-0.2, 0) is 22.4 Å². The molecular weight excluding hydrogens is 406 g/mol. The Kier molecular flexibility index (Phi) is 5.92. The zero-order valence-electron chi connectivity index (χ0n) is 15.7. The van der Waals surface area contributed by atoms with Gasteiger partial charge < -0.3 is 10.2 Å². The molecule has 3 aromatic rings. The standard InChI is InChI=1S/C22H20ClN3O2S/c23-16-4-1-3-15(11-16)12-21-25-18(14-29-21)13-20(27)24-17-6-8-19(9-7-17)26-10-2-5-22(26)28/h1,3-4,6-9,11,14H,2,5,10,12-13H2,(H,24,27). The van der Waals surface area contributed by atoms with E-state index >= 15 is 0 Å². The van der Waals surface area contributed by atoms with Gasteiger partial charge in [0.2, 0.25) is 11.8 Å². The quantitative estimate of drug-likeness (QED) is 0.622. The van der Waals surface area contributed by atoms with Gasteiger partial charge in [-0.25, -0.2) is 4.98 Å². The number of halogens is 1. The van der Waals surface area contributed by atoms with Gasteiger partial charge in [0, 0.05) is 41.2 Å². The van der Waals surface area contributed by atoms with Crippen LogP contribution in [0.2, 0.25) is 5.02 Å². The number of thiazole rings is 1. The second-order valence-electron chi connectivity index (χ2n) is 6.96. The monoisotopic (exact) mass is 425 g/mol. The molecule has 29 heavy (non-hydrogen) atoms. The summed E-state index contributed by atoms with van der Waals surface area (Å²) in [5, 5.41) is 6.47. The Morgan fingerprint density at radius 2 is 2.03 bits per heavy atom. The fourth-order valence-electron chi connectivity index (χ4n) is 3.35. The van der Waals surface area contributed by atoms with Crippen molar-refractivity contribution in [3.05, 3.63) is 75.2 Å². The molecule has 4 rings (SSSR count). The number of nitrogens with one attached hydrogen (secondary N) is 1. The third-order valence-electron chi connectivity index (χ3n) is 4.72. The van der Waals surface area contributed by atoms with E-state index in [1.807, 2.05) is 53.9 Å². The first-order valence-corrected chi connectivity index (χ1v) is 10.7. The number of carbonyl (C=O) groups excluding carboxylic acids is 2. The minimum atomic E-state index is -0.116. The minimum absolute atomic E-state index is 0.116. The van der Waals surface area contributed by atoms with Crippen molar-refractivity contribution in [1.82, 2.24) is 4.98 Å². The maximum absolute atomic E-state index is 12.4. The lowest BCUT2D eigenvalue weighted by atomic mass is 10.2. The number of carbonyl (C=O) groups is 2. The maximum atomic E-state index is 12.4. The smallest absolute Gasteiger partial charge is 0.230 e. The molecule has 0 atom stereocenters. The molecule has 0 saturated carbocycles. The van der Waals surface area contributed by atoms with Crippen LogP contribution in [0.5, 0.6) is 0 Å². The van der Waals surface area contributed by atoms with Crippen molar-refractivity contribution in [2.24, 2.45) is 0 Å². The molecule has 2 heterocycles. The first-order chi connectivity index (χ1) is 14.1. The maximum Gasteiger partial charge on any atom is 0.230 e. The summed E-state index contributed by atoms with van der Waals surface area (Å²) >= 11 is 7.57. The molecule has 0 spiro atoms. The van der Waals surface area contributed by atoms with E-state index in [2.05, 4.69) is 10.3 Å². The number of benzene rings is 2. The second kappa shape index (κ2) is 8.76. The highest BCUT2D eigenvalue weighted by Crippen LogP contribution is 2.23. The van der Waals surface area contributed by atoms with E-state index in [9.17, 15) is 9.59 Å². The van der Waals surface area contributed by atoms with Gasteiger partial charge in [-0.3, -0.25) is 9.59 Å². The third-order valence-corrected chi connectivity index (χ3v) is 5.85. The normalized spacial score (nSPS) is 13.7. The molecule has 0 radical (unpaired) electrons. The molecule has 5 nitrogen and oxygen atoms in total. The molecule has 2 aromatic carbocycles. The van der Waals surface area contributed by atoms with Crippen LogP contribution >= 0.6 is 22.9 Å². The van der Waals surface area contributed by atoms with Crippen LogP contribution in [0.1, 0.15) is 29.1 Å². The Morgan fingerprint density at radius 3 is 2.76 bits per heavy atom. The minimum Gasteiger partial charge on any atom is -0.326 e. The average Bonchev–Trinajstić information content (AvgIpc) is 3.31. The molecular formula is C22H20ClN3O2S. The van der Waals surface area contributed by atoms with Crippen LogP contribution in [-0.4, -0.2) is 23.3 Å². The molecule has 0 aliphatic carbocycles. The fraction of sp³-hybridized carbons (Fsp3) is 0.227. The first-order valence-electron chi connectivity index (χ1n) is 9.45. The highest BCUT2D eigenvalue weighted by atomic mass is 35.5. The Hall–Kier alpha value is -2.70. The van der Waals surface area contributed by atoms with Gasteiger partial charge in [0.15, 0.2) is 0 Å². The van der Waals surface area contributed by atoms with Crippen molar-refractivity contribution in [3.8, 4) is 0 Å². The van der Waals surface area contributed by atoms with Gasteiger partial charge in [0.05, 0.1) is 17.1 Å². The van der Waals surface area contributed by atoms with E-state index in [1.165, 1.54) is 0 Å². The molecule has 1 aromatic heterocycles. The number of hydrogen-bond donors (Lipinski definition) is 1. The van der Waals surface area contributed by atoms with E-state index in [0.29, 0.717) is 23.6 Å². The number of anilines is 2. The van der Waals surface area contributed by atoms with Crippen molar-refractivity contribution in [2.75, 3.05) is 16.8 Å². The average molecular weight is 426 g/mol. The molecule has 1 saturated heterocycles. The lowest BCUT2D eigenvalue weighted by Gasteiger charge is -2.16. The lowest BCUT2D eigenvalue weighted by Crippen LogP contribution is -2.23. The lowest BCUT2D eigenvalue weighted by molar-refractivity contribution is -0.117. The first kappa shape index (κ1) is 19.6. The molecule has 1 N–H and O–H groups in total. The van der Waals surface area contributed by atoms with Crippen molar-refractivity contribution in [1.29, 1.82) is 0 Å². The summed E-state index contributed by atoms with van der Waals surface area (Å²) in [7, 11) is 0. The molecule has 1 aliphatic rings. The summed E-state index contributed by atoms with van der Waals surface area (Å²) in [6.45, 7) is 0.756. The summed E-state index contributed by atoms with van der Waals surface area (Å²) in [5.41, 5.74) is 3.43. The SMILES string of the molecule is O=C(Cc1csc(Cc2cccc(Cl)c2)n1)Nc1ccc(N2CCCC2=O)cc1. The van der Waals surface area contributed by atoms with Crippen LogP contribution in [0.4, 0.5) is 11.4 Å². The van der Waals surface area contributed by atoms with Gasteiger partial charge in [-0.15, -0.1) is 11.3 Å². The largest absolute Gasteiger partial charge is 0.326 e. The molecule has 148 valence electrons. The zero-order valence-corrected chi connectivity index (χ0v) is 17.3. The van der Waals surface area contributed by atoms with Crippen molar-refractivity contribution in [3.63, 3.8) is 0 Å². The van der Waals surface area contributed by atoms with Crippen molar-refractivity contribution in [2.45, 2.75) is 25.7 Å². The predicted molar refractivity (Wildman–Crippen MR) is 117 cm³/mol. The van der Waals surface area contributed by atoms with Gasteiger partial charge in [0.1, 0.15) is 0 Å². The predicted octanol–water partition coefficient (Wildman–Crippen LogP) is 4.70. The highest BCUT2D eigenvalue weighted by molar-refractivity contribution is 7.09. The highest BCUT2D eigenvalue weighted by Gasteiger charge is 2.21. The van der Waals surface area contributed by atoms with E-state index in [4.69, 9.17) is 11.6 Å². The Balaban J connectivity index is 1.33. The number of hydrogen-bond acceptors (Lipinski definition) is 4. The summed E-state index contributed by atoms with van der Waals surface area (Å²) in [4.78, 5) is 30.5. The molecule has 7 heteroatoms. The molecule has 0 unspecified atom stereocenters. The van der Waals surface area contributed by atoms with Crippen LogP contribution in [0, 0.1) is 0 Å². The number of nitrogens with zero attached hydrogens (tertiary/aromatic N) is 2. The van der Waals surface area contributed by atoms with Crippen molar-refractivity contribution >= 4 is 46.1 Å². The third kappa shape index (κ3) is 5.02. The fourth-order valence-corrected chi connectivity index (χ4v) is 4.39. The molecule has 1 aliphatic heterocycles. The van der Waals surface area contributed by atoms with Gasteiger partial charge in [0.25, 0.3) is 0 Å². The zero-order chi connectivity index (χ0) is 20.2. The van der Waals surface area contributed by atoms with E-state index in [-0.39, 0.29) is 18.2 Å². The summed E-state index contributed by atoms with van der Waals surface area (Å²) in [6.07, 6.45) is 2.41. The summed E-state index contributed by atoms with van der Waals surface area (Å²) < 4.78 is 0. The van der Waals surface area contributed by atoms with Crippen LogP contribution in [0.15, 0.2) is 53.9 Å². The van der Waals surface area contributed by atoms with Gasteiger partial charge >= 0.3 is 0 Å². The second-order valence-corrected chi connectivity index (χ2v) is 8.34. The van der Waals surface area contributed by atoms with Crippen LogP contribution in [0.25, 0.3) is 0 Å². The van der Waals surface area contributed by atoms with Crippen LogP contribution in [0.3, 0.4) is 0 Å². The number of rotatable bonds is 6. The summed E-state index contributed by atoms with van der Waals surface area (Å²) in [6, 6.07) is 15.1. The van der Waals surface area contributed by atoms with Gasteiger partial charge in [-0.1, -0.05) is 23.7 Å². The van der Waals surface area contributed by atoms with E-state index in [0.717, 1.165) is 34.9 Å². The van der Waals surface area contributed by atoms with Gasteiger partial charge in [-0.2, -0.15) is 0 Å². The molecule has 2 amide bonds. The van der Waals surface area contributed by atoms with Crippen LogP contribution < -0.4 is 10.2 Å². The molecule has 0 bridgehead atoms. The Bertz CT molecular complexity index is 1030. The van der Waals surface area contributed by atoms with E-state index < -0.39 is 0 Å². The Labute approximate surface area is 178 Å². The van der Waals surface area contributed by atoms with Gasteiger partial charge in [-0.05, 0) is 48.4 Å². The van der Waals surface area contributed by atoms with Crippen molar-refractivity contribution < 1.29 is 9.59 Å². The number of amides is 2. The summed E-state index contributed by atoms with van der Waals surface area (Å²) in [5.74, 6) is 0.0356. The van der Waals surface area contributed by atoms with E-state index in [1.54, 1.807) is 16.2 Å². The number of aromatic nitrogens is 1. The molecule has 1 fully saturated rings.